The third kappa shape index (κ3) is 2.27. The largest absolute Gasteiger partial charge is 0.360 e. The zero-order valence-corrected chi connectivity index (χ0v) is 10.3. The van der Waals surface area contributed by atoms with Crippen LogP contribution in [0.1, 0.15) is 18.6 Å². The first-order valence-electron chi connectivity index (χ1n) is 6.09. The van der Waals surface area contributed by atoms with E-state index in [4.69, 9.17) is 4.52 Å². The third-order valence-corrected chi connectivity index (χ3v) is 2.94. The van der Waals surface area contributed by atoms with Crippen LogP contribution < -0.4 is 10.2 Å². The highest BCUT2D eigenvalue weighted by Gasteiger charge is 2.14. The highest BCUT2D eigenvalue weighted by molar-refractivity contribution is 5.50. The van der Waals surface area contributed by atoms with Crippen LogP contribution >= 0.6 is 0 Å². The van der Waals surface area contributed by atoms with Crippen molar-refractivity contribution in [2.24, 2.45) is 0 Å². The van der Waals surface area contributed by atoms with Crippen LogP contribution in [0.5, 0.6) is 0 Å². The van der Waals surface area contributed by atoms with Crippen LogP contribution in [0.25, 0.3) is 0 Å². The summed E-state index contributed by atoms with van der Waals surface area (Å²) in [6.07, 6.45) is 4.22. The van der Waals surface area contributed by atoms with Crippen molar-refractivity contribution in [1.29, 1.82) is 0 Å². The fraction of sp³-hybridized carbons (Fsp3) is 0.417. The van der Waals surface area contributed by atoms with E-state index in [1.54, 1.807) is 6.20 Å². The summed E-state index contributed by atoms with van der Waals surface area (Å²) < 4.78 is 4.99. The van der Waals surface area contributed by atoms with Crippen molar-refractivity contribution < 1.29 is 4.52 Å². The molecule has 3 heterocycles. The van der Waals surface area contributed by atoms with Gasteiger partial charge in [-0.25, -0.2) is 4.98 Å². The standard InChI is InChI=1S/C12H15N5O/c1-9-8-10(16-18-9)14-12-13-5-4-11(15-12)17-6-2-3-7-17/h4-5,8H,2-3,6-7H2,1H3,(H,13,14,15,16). The summed E-state index contributed by atoms with van der Waals surface area (Å²) in [4.78, 5) is 10.9. The zero-order chi connectivity index (χ0) is 12.4. The monoisotopic (exact) mass is 245 g/mol. The molecule has 1 saturated heterocycles. The summed E-state index contributed by atoms with van der Waals surface area (Å²) in [6.45, 7) is 3.98. The summed E-state index contributed by atoms with van der Waals surface area (Å²) >= 11 is 0. The molecule has 0 atom stereocenters. The lowest BCUT2D eigenvalue weighted by atomic mass is 10.4. The average molecular weight is 245 g/mol. The highest BCUT2D eigenvalue weighted by Crippen LogP contribution is 2.19. The summed E-state index contributed by atoms with van der Waals surface area (Å²) in [6, 6.07) is 3.75. The summed E-state index contributed by atoms with van der Waals surface area (Å²) in [5.74, 6) is 2.90. The van der Waals surface area contributed by atoms with E-state index in [1.807, 2.05) is 19.1 Å². The number of nitrogens with one attached hydrogen (secondary N) is 1. The van der Waals surface area contributed by atoms with Crippen LogP contribution in [0.15, 0.2) is 22.9 Å². The van der Waals surface area contributed by atoms with E-state index in [0.717, 1.165) is 24.7 Å². The molecule has 18 heavy (non-hydrogen) atoms. The molecule has 94 valence electrons. The van der Waals surface area contributed by atoms with Crippen molar-refractivity contribution in [1.82, 2.24) is 15.1 Å². The van der Waals surface area contributed by atoms with E-state index >= 15 is 0 Å². The van der Waals surface area contributed by atoms with Crippen LogP contribution in [0.2, 0.25) is 0 Å². The molecule has 6 heteroatoms. The minimum Gasteiger partial charge on any atom is -0.360 e. The summed E-state index contributed by atoms with van der Waals surface area (Å²) in [5, 5.41) is 6.89. The van der Waals surface area contributed by atoms with Crippen LogP contribution in [0.3, 0.4) is 0 Å². The van der Waals surface area contributed by atoms with Crippen LogP contribution in [0, 0.1) is 6.92 Å². The molecular formula is C12H15N5O. The first kappa shape index (κ1) is 11.0. The van der Waals surface area contributed by atoms with Gasteiger partial charge in [-0.3, -0.25) is 0 Å². The number of aryl methyl sites for hydroxylation is 1. The van der Waals surface area contributed by atoms with Crippen molar-refractivity contribution in [3.8, 4) is 0 Å². The maximum Gasteiger partial charge on any atom is 0.230 e. The van der Waals surface area contributed by atoms with Gasteiger partial charge in [0.25, 0.3) is 0 Å². The van der Waals surface area contributed by atoms with Crippen LogP contribution in [-0.4, -0.2) is 28.2 Å². The molecule has 0 saturated carbocycles. The van der Waals surface area contributed by atoms with Gasteiger partial charge in [0, 0.05) is 25.4 Å². The molecule has 0 radical (unpaired) electrons. The lowest BCUT2D eigenvalue weighted by Crippen LogP contribution is -2.19. The third-order valence-electron chi connectivity index (χ3n) is 2.94. The molecule has 0 aliphatic carbocycles. The lowest BCUT2D eigenvalue weighted by Gasteiger charge is -2.16. The van der Waals surface area contributed by atoms with Crippen molar-refractivity contribution in [2.75, 3.05) is 23.3 Å². The fourth-order valence-electron chi connectivity index (χ4n) is 2.07. The Morgan fingerprint density at radius 3 is 2.89 bits per heavy atom. The normalized spacial score (nSPS) is 15.1. The molecule has 2 aromatic heterocycles. The van der Waals surface area contributed by atoms with Gasteiger partial charge in [0.1, 0.15) is 11.6 Å². The maximum atomic E-state index is 4.99. The van der Waals surface area contributed by atoms with Crippen LogP contribution in [-0.2, 0) is 0 Å². The Bertz CT molecular complexity index is 533. The second kappa shape index (κ2) is 4.64. The Hall–Kier alpha value is -2.11. The Balaban J connectivity index is 1.78. The van der Waals surface area contributed by atoms with Gasteiger partial charge >= 0.3 is 0 Å². The van der Waals surface area contributed by atoms with Gasteiger partial charge < -0.3 is 14.7 Å². The molecule has 6 nitrogen and oxygen atoms in total. The minimum atomic E-state index is 0.549. The molecule has 0 amide bonds. The smallest absolute Gasteiger partial charge is 0.230 e. The molecule has 0 aromatic carbocycles. The molecule has 1 N–H and O–H groups in total. The first-order chi connectivity index (χ1) is 8.81. The molecule has 1 aliphatic heterocycles. The number of anilines is 3. The summed E-state index contributed by atoms with van der Waals surface area (Å²) in [5.41, 5.74) is 0. The highest BCUT2D eigenvalue weighted by atomic mass is 16.5. The van der Waals surface area contributed by atoms with E-state index < -0.39 is 0 Å². The van der Waals surface area contributed by atoms with Gasteiger partial charge in [-0.2, -0.15) is 4.98 Å². The molecule has 1 aliphatic rings. The first-order valence-corrected chi connectivity index (χ1v) is 6.09. The number of aromatic nitrogens is 3. The molecule has 0 bridgehead atoms. The van der Waals surface area contributed by atoms with E-state index in [0.29, 0.717) is 11.8 Å². The Labute approximate surface area is 105 Å². The number of hydrogen-bond donors (Lipinski definition) is 1. The van der Waals surface area contributed by atoms with Gasteiger partial charge in [-0.15, -0.1) is 0 Å². The zero-order valence-electron chi connectivity index (χ0n) is 10.3. The molecule has 3 rings (SSSR count). The number of nitrogens with zero attached hydrogens (tertiary/aromatic N) is 4. The SMILES string of the molecule is Cc1cc(Nc2nccc(N3CCCC3)n2)no1. The minimum absolute atomic E-state index is 0.549. The quantitative estimate of drug-likeness (QED) is 0.893. The fourth-order valence-corrected chi connectivity index (χ4v) is 2.07. The number of hydrogen-bond acceptors (Lipinski definition) is 6. The molecule has 2 aromatic rings. The van der Waals surface area contributed by atoms with E-state index in [1.165, 1.54) is 12.8 Å². The topological polar surface area (TPSA) is 67.1 Å². The second-order valence-electron chi connectivity index (χ2n) is 4.38. The lowest BCUT2D eigenvalue weighted by molar-refractivity contribution is 0.400. The molecular weight excluding hydrogens is 230 g/mol. The second-order valence-corrected chi connectivity index (χ2v) is 4.38. The van der Waals surface area contributed by atoms with Crippen molar-refractivity contribution >= 4 is 17.6 Å². The Morgan fingerprint density at radius 2 is 2.17 bits per heavy atom. The van der Waals surface area contributed by atoms with Gasteiger partial charge in [0.2, 0.25) is 5.95 Å². The number of rotatable bonds is 3. The Morgan fingerprint density at radius 1 is 1.33 bits per heavy atom. The van der Waals surface area contributed by atoms with Gasteiger partial charge in [0.15, 0.2) is 5.82 Å². The summed E-state index contributed by atoms with van der Waals surface area (Å²) in [7, 11) is 0. The van der Waals surface area contributed by atoms with Crippen LogP contribution in [0.4, 0.5) is 17.6 Å². The molecule has 0 spiro atoms. The van der Waals surface area contributed by atoms with Gasteiger partial charge in [0.05, 0.1) is 0 Å². The van der Waals surface area contributed by atoms with E-state index in [-0.39, 0.29) is 0 Å². The van der Waals surface area contributed by atoms with E-state index in [9.17, 15) is 0 Å². The van der Waals surface area contributed by atoms with E-state index in [2.05, 4.69) is 25.3 Å². The van der Waals surface area contributed by atoms with Crippen molar-refractivity contribution in [3.63, 3.8) is 0 Å². The Kier molecular flexibility index (Phi) is 2.84. The predicted octanol–water partition coefficient (Wildman–Crippen LogP) is 2.12. The van der Waals surface area contributed by atoms with Gasteiger partial charge in [-0.1, -0.05) is 5.16 Å². The predicted molar refractivity (Wildman–Crippen MR) is 68.0 cm³/mol. The van der Waals surface area contributed by atoms with Gasteiger partial charge in [-0.05, 0) is 25.8 Å². The molecule has 0 unspecified atom stereocenters. The van der Waals surface area contributed by atoms with Crippen molar-refractivity contribution in [2.45, 2.75) is 19.8 Å². The average Bonchev–Trinajstić information content (AvgIpc) is 3.01. The maximum absolute atomic E-state index is 4.99. The molecule has 1 fully saturated rings. The van der Waals surface area contributed by atoms with Crippen molar-refractivity contribution in [3.05, 3.63) is 24.1 Å².